The highest BCUT2D eigenvalue weighted by atomic mass is 16.8. The molecule has 4 nitrogen and oxygen atoms in total. The van der Waals surface area contributed by atoms with Gasteiger partial charge in [0.1, 0.15) is 0 Å². The van der Waals surface area contributed by atoms with Crippen molar-refractivity contribution in [3.63, 3.8) is 0 Å². The van der Waals surface area contributed by atoms with Gasteiger partial charge in [0.15, 0.2) is 0 Å². The Kier molecular flexibility index (Phi) is 3.15. The molecule has 0 aliphatic heterocycles. The van der Waals surface area contributed by atoms with Gasteiger partial charge in [-0.1, -0.05) is 6.92 Å². The topological polar surface area (TPSA) is 55.8 Å². The van der Waals surface area contributed by atoms with Crippen LogP contribution in [0.15, 0.2) is 0 Å². The summed E-state index contributed by atoms with van der Waals surface area (Å²) in [6, 6.07) is 0. The second-order valence-electron chi connectivity index (χ2n) is 2.06. The minimum atomic E-state index is -1.31. The molecule has 1 atom stereocenters. The summed E-state index contributed by atoms with van der Waals surface area (Å²) < 4.78 is 9.23. The predicted octanol–water partition coefficient (Wildman–Crippen LogP) is 1.45. The molecule has 0 rings (SSSR count). The summed E-state index contributed by atoms with van der Waals surface area (Å²) >= 11 is 0. The fourth-order valence-corrected chi connectivity index (χ4v) is 0.443. The molecule has 0 amide bonds. The lowest BCUT2D eigenvalue weighted by molar-refractivity contribution is -0.182. The largest absolute Gasteiger partial charge is 0.508 e. The van der Waals surface area contributed by atoms with Gasteiger partial charge in [0.05, 0.1) is 0 Å². The summed E-state index contributed by atoms with van der Waals surface area (Å²) in [4.78, 5) is 10.0. The minimum absolute atomic E-state index is 0.496. The molecule has 60 valence electrons. The van der Waals surface area contributed by atoms with Gasteiger partial charge in [-0.2, -0.15) is 0 Å². The Morgan fingerprint density at radius 1 is 1.70 bits per heavy atom. The molecule has 0 spiro atoms. The fourth-order valence-electron chi connectivity index (χ4n) is 0.443. The van der Waals surface area contributed by atoms with Gasteiger partial charge in [0.25, 0.3) is 0 Å². The van der Waals surface area contributed by atoms with E-state index >= 15 is 0 Å². The van der Waals surface area contributed by atoms with Crippen LogP contribution in [0.3, 0.4) is 0 Å². The number of carbonyl (C=O) groups is 1. The second kappa shape index (κ2) is 3.41. The Labute approximate surface area is 59.7 Å². The van der Waals surface area contributed by atoms with Crippen LogP contribution in [0, 0.1) is 0 Å². The average Bonchev–Trinajstić information content (AvgIpc) is 1.87. The Hall–Kier alpha value is -0.770. The number of methoxy groups -OCH3 is 1. The standard InChI is InChI=1S/C6H12O4/c1-4-6(2,9-3)10-5(7)8/h4H2,1-3H3,(H,7,8). The molecule has 1 N–H and O–H groups in total. The zero-order chi connectivity index (χ0) is 8.20. The summed E-state index contributed by atoms with van der Waals surface area (Å²) in [6.45, 7) is 3.35. The molecule has 0 bridgehead atoms. The van der Waals surface area contributed by atoms with E-state index in [0.717, 1.165) is 0 Å². The van der Waals surface area contributed by atoms with E-state index in [1.54, 1.807) is 13.8 Å². The molecule has 0 aliphatic rings. The zero-order valence-corrected chi connectivity index (χ0v) is 6.38. The molecule has 0 saturated heterocycles. The van der Waals surface area contributed by atoms with Gasteiger partial charge in [0, 0.05) is 20.5 Å². The molecule has 4 heteroatoms. The molecule has 0 aromatic heterocycles. The monoisotopic (exact) mass is 148 g/mol. The lowest BCUT2D eigenvalue weighted by Crippen LogP contribution is -2.32. The van der Waals surface area contributed by atoms with Crippen LogP contribution < -0.4 is 0 Å². The molecule has 0 aliphatic carbocycles. The molecule has 0 aromatic rings. The number of hydrogen-bond donors (Lipinski definition) is 1. The Morgan fingerprint density at radius 2 is 2.20 bits per heavy atom. The molecule has 0 aromatic carbocycles. The van der Waals surface area contributed by atoms with Crippen molar-refractivity contribution in [3.8, 4) is 0 Å². The Balaban J connectivity index is 3.92. The highest BCUT2D eigenvalue weighted by molar-refractivity contribution is 5.57. The third-order valence-electron chi connectivity index (χ3n) is 1.38. The molecule has 0 heterocycles. The van der Waals surface area contributed by atoms with Crippen molar-refractivity contribution in [1.29, 1.82) is 0 Å². The van der Waals surface area contributed by atoms with Crippen molar-refractivity contribution in [2.45, 2.75) is 26.1 Å². The van der Waals surface area contributed by atoms with Crippen molar-refractivity contribution < 1.29 is 19.4 Å². The third kappa shape index (κ3) is 2.68. The van der Waals surface area contributed by atoms with E-state index < -0.39 is 11.9 Å². The molecule has 0 radical (unpaired) electrons. The van der Waals surface area contributed by atoms with Crippen LogP contribution in [-0.2, 0) is 9.47 Å². The maximum Gasteiger partial charge on any atom is 0.508 e. The first kappa shape index (κ1) is 9.23. The van der Waals surface area contributed by atoms with E-state index in [9.17, 15) is 4.79 Å². The molecule has 0 fully saturated rings. The van der Waals surface area contributed by atoms with Crippen LogP contribution in [-0.4, -0.2) is 24.2 Å². The number of hydrogen-bond acceptors (Lipinski definition) is 3. The summed E-state index contributed by atoms with van der Waals surface area (Å²) in [5, 5.41) is 8.21. The quantitative estimate of drug-likeness (QED) is 0.486. The molecular formula is C6H12O4. The van der Waals surface area contributed by atoms with Crippen molar-refractivity contribution in [2.75, 3.05) is 7.11 Å². The van der Waals surface area contributed by atoms with E-state index in [0.29, 0.717) is 6.42 Å². The lowest BCUT2D eigenvalue weighted by atomic mass is 10.2. The summed E-state index contributed by atoms with van der Waals surface area (Å²) in [5.41, 5.74) is 0. The molecule has 0 saturated carbocycles. The van der Waals surface area contributed by atoms with Gasteiger partial charge in [-0.05, 0) is 0 Å². The van der Waals surface area contributed by atoms with Crippen LogP contribution in [0.2, 0.25) is 0 Å². The van der Waals surface area contributed by atoms with E-state index in [2.05, 4.69) is 4.74 Å². The van der Waals surface area contributed by atoms with E-state index in [1.165, 1.54) is 7.11 Å². The second-order valence-corrected chi connectivity index (χ2v) is 2.06. The number of rotatable bonds is 3. The maximum absolute atomic E-state index is 10.0. The van der Waals surface area contributed by atoms with Crippen molar-refractivity contribution in [3.05, 3.63) is 0 Å². The van der Waals surface area contributed by atoms with Crippen LogP contribution in [0.4, 0.5) is 4.79 Å². The first-order chi connectivity index (χ1) is 4.54. The highest BCUT2D eigenvalue weighted by Gasteiger charge is 2.25. The van der Waals surface area contributed by atoms with Crippen LogP contribution >= 0.6 is 0 Å². The molecule has 1 unspecified atom stereocenters. The third-order valence-corrected chi connectivity index (χ3v) is 1.38. The lowest BCUT2D eigenvalue weighted by Gasteiger charge is -2.24. The Bertz CT molecular complexity index is 117. The maximum atomic E-state index is 10.0. The normalized spacial score (nSPS) is 15.9. The van der Waals surface area contributed by atoms with Crippen molar-refractivity contribution >= 4 is 6.16 Å². The van der Waals surface area contributed by atoms with E-state index in [4.69, 9.17) is 9.84 Å². The fraction of sp³-hybridized carbons (Fsp3) is 0.833. The van der Waals surface area contributed by atoms with Crippen LogP contribution in [0.25, 0.3) is 0 Å². The average molecular weight is 148 g/mol. The predicted molar refractivity (Wildman–Crippen MR) is 34.8 cm³/mol. The van der Waals surface area contributed by atoms with Gasteiger partial charge < -0.3 is 14.6 Å². The van der Waals surface area contributed by atoms with Gasteiger partial charge >= 0.3 is 6.16 Å². The number of carboxylic acid groups (broad SMARTS) is 1. The summed E-state index contributed by atoms with van der Waals surface area (Å²) in [6.07, 6.45) is -0.818. The van der Waals surface area contributed by atoms with Gasteiger partial charge in [-0.15, -0.1) is 0 Å². The van der Waals surface area contributed by atoms with Crippen molar-refractivity contribution in [2.24, 2.45) is 0 Å². The van der Waals surface area contributed by atoms with Gasteiger partial charge in [-0.3, -0.25) is 0 Å². The van der Waals surface area contributed by atoms with Crippen molar-refractivity contribution in [1.82, 2.24) is 0 Å². The first-order valence-electron chi connectivity index (χ1n) is 3.01. The Morgan fingerprint density at radius 3 is 2.30 bits per heavy atom. The van der Waals surface area contributed by atoms with Crippen LogP contribution in [0.5, 0.6) is 0 Å². The SMILES string of the molecule is CCC(C)(OC)OC(=O)O. The van der Waals surface area contributed by atoms with Gasteiger partial charge in [0.2, 0.25) is 5.79 Å². The number of ether oxygens (including phenoxy) is 2. The minimum Gasteiger partial charge on any atom is -0.450 e. The van der Waals surface area contributed by atoms with E-state index in [-0.39, 0.29) is 0 Å². The van der Waals surface area contributed by atoms with Crippen LogP contribution in [0.1, 0.15) is 20.3 Å². The highest BCUT2D eigenvalue weighted by Crippen LogP contribution is 2.15. The molecule has 10 heavy (non-hydrogen) atoms. The summed E-state index contributed by atoms with van der Waals surface area (Å²) in [7, 11) is 1.41. The smallest absolute Gasteiger partial charge is 0.450 e. The first-order valence-corrected chi connectivity index (χ1v) is 3.01. The van der Waals surface area contributed by atoms with E-state index in [1.807, 2.05) is 0 Å². The molecular weight excluding hydrogens is 136 g/mol. The zero-order valence-electron chi connectivity index (χ0n) is 6.38. The van der Waals surface area contributed by atoms with Gasteiger partial charge in [-0.25, -0.2) is 4.79 Å². The summed E-state index contributed by atoms with van der Waals surface area (Å²) in [5.74, 6) is -0.994.